The molecule has 1 heterocycles. The van der Waals surface area contributed by atoms with Gasteiger partial charge in [0.05, 0.1) is 18.4 Å². The van der Waals surface area contributed by atoms with E-state index in [9.17, 15) is 0 Å². The van der Waals surface area contributed by atoms with Crippen molar-refractivity contribution < 1.29 is 9.26 Å². The van der Waals surface area contributed by atoms with Crippen molar-refractivity contribution in [3.05, 3.63) is 30.0 Å². The smallest absolute Gasteiger partial charge is 0.230 e. The van der Waals surface area contributed by atoms with Gasteiger partial charge in [-0.2, -0.15) is 0 Å². The molecule has 0 fully saturated rings. The molecule has 4 nitrogen and oxygen atoms in total. The molecule has 0 saturated carbocycles. The Hall–Kier alpha value is -1.97. The predicted molar refractivity (Wildman–Crippen MR) is 67.0 cm³/mol. The zero-order valence-corrected chi connectivity index (χ0v) is 10.2. The average molecular weight is 232 g/mol. The highest BCUT2D eigenvalue weighted by Gasteiger charge is 2.20. The minimum absolute atomic E-state index is 0.246. The van der Waals surface area contributed by atoms with E-state index in [0.717, 1.165) is 22.6 Å². The lowest BCUT2D eigenvalue weighted by molar-refractivity contribution is 0.416. The molecule has 0 atom stereocenters. The standard InChI is InChI=1S/C13H16N2O2/c1-8(2)12-11(13(14)17-15-12)9-6-4-5-7-10(9)16-3/h4-8H,14H2,1-3H3. The second-order valence-electron chi connectivity index (χ2n) is 4.16. The van der Waals surface area contributed by atoms with Crippen molar-refractivity contribution in [1.82, 2.24) is 5.16 Å². The van der Waals surface area contributed by atoms with Crippen LogP contribution in [-0.2, 0) is 0 Å². The van der Waals surface area contributed by atoms with Gasteiger partial charge in [-0.1, -0.05) is 37.2 Å². The van der Waals surface area contributed by atoms with E-state index in [1.54, 1.807) is 7.11 Å². The number of benzene rings is 1. The minimum Gasteiger partial charge on any atom is -0.496 e. The lowest BCUT2D eigenvalue weighted by Gasteiger charge is -2.09. The van der Waals surface area contributed by atoms with Crippen LogP contribution in [0.25, 0.3) is 11.1 Å². The summed E-state index contributed by atoms with van der Waals surface area (Å²) in [5.74, 6) is 1.35. The molecule has 0 unspecified atom stereocenters. The van der Waals surface area contributed by atoms with E-state index in [1.807, 2.05) is 24.3 Å². The minimum atomic E-state index is 0.246. The Kier molecular flexibility index (Phi) is 3.04. The number of hydrogen-bond donors (Lipinski definition) is 1. The molecular formula is C13H16N2O2. The number of ether oxygens (including phenoxy) is 1. The number of nitrogen functional groups attached to an aromatic ring is 1. The van der Waals surface area contributed by atoms with Crippen molar-refractivity contribution in [2.24, 2.45) is 0 Å². The van der Waals surface area contributed by atoms with Gasteiger partial charge in [-0.25, -0.2) is 0 Å². The fourth-order valence-electron chi connectivity index (χ4n) is 1.83. The molecule has 1 aromatic carbocycles. The van der Waals surface area contributed by atoms with Crippen LogP contribution < -0.4 is 10.5 Å². The third kappa shape index (κ3) is 1.98. The summed E-state index contributed by atoms with van der Waals surface area (Å²) < 4.78 is 10.4. The van der Waals surface area contributed by atoms with Gasteiger partial charge in [0, 0.05) is 5.56 Å². The van der Waals surface area contributed by atoms with E-state index in [-0.39, 0.29) is 5.92 Å². The van der Waals surface area contributed by atoms with Crippen molar-refractivity contribution in [3.63, 3.8) is 0 Å². The van der Waals surface area contributed by atoms with E-state index in [0.29, 0.717) is 5.88 Å². The molecule has 0 saturated heterocycles. The Morgan fingerprint density at radius 1 is 1.29 bits per heavy atom. The summed E-state index contributed by atoms with van der Waals surface area (Å²) in [5, 5.41) is 4.01. The van der Waals surface area contributed by atoms with Crippen molar-refractivity contribution in [2.45, 2.75) is 19.8 Å². The number of hydrogen-bond acceptors (Lipinski definition) is 4. The first-order chi connectivity index (χ1) is 8.15. The van der Waals surface area contributed by atoms with Crippen LogP contribution in [0.15, 0.2) is 28.8 Å². The summed E-state index contributed by atoms with van der Waals surface area (Å²) in [6.45, 7) is 4.10. The molecular weight excluding hydrogens is 216 g/mol. The topological polar surface area (TPSA) is 61.3 Å². The molecule has 1 aromatic heterocycles. The largest absolute Gasteiger partial charge is 0.496 e. The summed E-state index contributed by atoms with van der Waals surface area (Å²) >= 11 is 0. The predicted octanol–water partition coefficient (Wildman–Crippen LogP) is 3.06. The third-order valence-electron chi connectivity index (χ3n) is 2.67. The Labute approximate surface area is 100 Å². The first-order valence-corrected chi connectivity index (χ1v) is 5.53. The number of rotatable bonds is 3. The first-order valence-electron chi connectivity index (χ1n) is 5.53. The number of nitrogens with two attached hydrogens (primary N) is 1. The quantitative estimate of drug-likeness (QED) is 0.883. The molecule has 0 radical (unpaired) electrons. The summed E-state index contributed by atoms with van der Waals surface area (Å²) in [7, 11) is 1.64. The van der Waals surface area contributed by atoms with Crippen molar-refractivity contribution in [2.75, 3.05) is 12.8 Å². The summed E-state index contributed by atoms with van der Waals surface area (Å²) in [6.07, 6.45) is 0. The van der Waals surface area contributed by atoms with Crippen molar-refractivity contribution in [1.29, 1.82) is 0 Å². The van der Waals surface area contributed by atoms with Crippen LogP contribution in [0.2, 0.25) is 0 Å². The Morgan fingerprint density at radius 2 is 2.00 bits per heavy atom. The van der Waals surface area contributed by atoms with Crippen LogP contribution >= 0.6 is 0 Å². The number of nitrogens with zero attached hydrogens (tertiary/aromatic N) is 1. The maximum absolute atomic E-state index is 5.85. The van der Waals surface area contributed by atoms with Crippen LogP contribution in [0, 0.1) is 0 Å². The Balaban J connectivity index is 2.63. The number of aromatic nitrogens is 1. The van der Waals surface area contributed by atoms with E-state index >= 15 is 0 Å². The van der Waals surface area contributed by atoms with E-state index in [1.165, 1.54) is 0 Å². The summed E-state index contributed by atoms with van der Waals surface area (Å²) in [5.41, 5.74) is 8.45. The van der Waals surface area contributed by atoms with Crippen molar-refractivity contribution >= 4 is 5.88 Å². The maximum Gasteiger partial charge on any atom is 0.230 e. The molecule has 0 aliphatic heterocycles. The van der Waals surface area contributed by atoms with Gasteiger partial charge < -0.3 is 15.0 Å². The van der Waals surface area contributed by atoms with E-state index in [4.69, 9.17) is 15.0 Å². The molecule has 0 amide bonds. The first kappa shape index (κ1) is 11.5. The highest BCUT2D eigenvalue weighted by Crippen LogP contribution is 2.38. The summed E-state index contributed by atoms with van der Waals surface area (Å²) in [6, 6.07) is 7.70. The molecule has 0 bridgehead atoms. The molecule has 17 heavy (non-hydrogen) atoms. The van der Waals surface area contributed by atoms with Crippen LogP contribution in [-0.4, -0.2) is 12.3 Å². The fraction of sp³-hybridized carbons (Fsp3) is 0.308. The molecule has 0 spiro atoms. The second-order valence-corrected chi connectivity index (χ2v) is 4.16. The second kappa shape index (κ2) is 4.49. The van der Waals surface area contributed by atoms with Crippen LogP contribution in [0.1, 0.15) is 25.5 Å². The van der Waals surface area contributed by atoms with Crippen molar-refractivity contribution in [3.8, 4) is 16.9 Å². The molecule has 90 valence electrons. The van der Waals surface area contributed by atoms with Crippen LogP contribution in [0.4, 0.5) is 5.88 Å². The van der Waals surface area contributed by atoms with Gasteiger partial charge in [0.25, 0.3) is 0 Å². The fourth-order valence-corrected chi connectivity index (χ4v) is 1.83. The van der Waals surface area contributed by atoms with E-state index < -0.39 is 0 Å². The van der Waals surface area contributed by atoms with Gasteiger partial charge in [-0.3, -0.25) is 0 Å². The SMILES string of the molecule is COc1ccccc1-c1c(C(C)C)noc1N. The molecule has 4 heteroatoms. The van der Waals surface area contributed by atoms with Gasteiger partial charge in [-0.05, 0) is 12.0 Å². The highest BCUT2D eigenvalue weighted by atomic mass is 16.5. The maximum atomic E-state index is 5.85. The van der Waals surface area contributed by atoms with Gasteiger partial charge in [-0.15, -0.1) is 0 Å². The summed E-state index contributed by atoms with van der Waals surface area (Å²) in [4.78, 5) is 0. The van der Waals surface area contributed by atoms with Gasteiger partial charge in [0.1, 0.15) is 5.75 Å². The molecule has 2 rings (SSSR count). The molecule has 0 aliphatic rings. The van der Waals surface area contributed by atoms with Gasteiger partial charge in [0.15, 0.2) is 0 Å². The van der Waals surface area contributed by atoms with Crippen LogP contribution in [0.5, 0.6) is 5.75 Å². The number of para-hydroxylation sites is 1. The zero-order valence-electron chi connectivity index (χ0n) is 10.2. The van der Waals surface area contributed by atoms with Crippen LogP contribution in [0.3, 0.4) is 0 Å². The monoisotopic (exact) mass is 232 g/mol. The van der Waals surface area contributed by atoms with E-state index in [2.05, 4.69) is 19.0 Å². The lowest BCUT2D eigenvalue weighted by Crippen LogP contribution is -1.95. The lowest BCUT2D eigenvalue weighted by atomic mass is 9.98. The molecule has 2 N–H and O–H groups in total. The highest BCUT2D eigenvalue weighted by molar-refractivity contribution is 5.79. The Bertz CT molecular complexity index is 518. The van der Waals surface area contributed by atoms with Gasteiger partial charge in [0.2, 0.25) is 5.88 Å². The van der Waals surface area contributed by atoms with Gasteiger partial charge >= 0.3 is 0 Å². The average Bonchev–Trinajstić information content (AvgIpc) is 2.71. The number of methoxy groups -OCH3 is 1. The normalized spacial score (nSPS) is 10.8. The molecule has 0 aliphatic carbocycles. The molecule has 2 aromatic rings. The Morgan fingerprint density at radius 3 is 2.65 bits per heavy atom. The number of anilines is 1. The zero-order chi connectivity index (χ0) is 12.4. The third-order valence-corrected chi connectivity index (χ3v) is 2.67.